The van der Waals surface area contributed by atoms with Crippen molar-refractivity contribution in [1.29, 1.82) is 0 Å². The average molecular weight is 614 g/mol. The Morgan fingerprint density at radius 2 is 1.71 bits per heavy atom. The van der Waals surface area contributed by atoms with Crippen LogP contribution in [0, 0.1) is 0 Å². The molecule has 5 rings (SSSR count). The topological polar surface area (TPSA) is 256 Å². The summed E-state index contributed by atoms with van der Waals surface area (Å²) in [5.41, 5.74) is 10.2. The second kappa shape index (κ2) is 12.5. The van der Waals surface area contributed by atoms with Gasteiger partial charge in [-0.15, -0.1) is 0 Å². The van der Waals surface area contributed by atoms with E-state index in [1.54, 1.807) is 13.8 Å². The molecule has 2 aliphatic heterocycles. The Balaban J connectivity index is 1.27. The Morgan fingerprint density at radius 3 is 2.43 bits per heavy atom. The standard InChI is InChI=1S/C22H32N9O10P/c1-3-36-7-13-12(6-15(39-13)30-9-25-17-18(30)27-21(24)28-19(17)32)41-42(34,35)38-8-14-11(37-4-2)5-16(40-14)31-10-26-20(23)29-22(31)33/h9-16H,3-8H2,1-2H3,(H,34,35)(H2,23,29,33)(H3,24,27,28,32)/t11?,12?,13-,14-,15-,16-/m1/s1. The molecular weight excluding hydrogens is 581 g/mol. The number of phosphoric ester groups is 1. The number of fused-ring (bicyclic) bond motifs is 1. The number of nitrogen functional groups attached to an aromatic ring is 2. The number of nitrogens with zero attached hydrogens (tertiary/aromatic N) is 6. The lowest BCUT2D eigenvalue weighted by Gasteiger charge is -2.23. The van der Waals surface area contributed by atoms with Gasteiger partial charge in [-0.05, 0) is 13.8 Å². The SMILES string of the molecule is CCOC[C@H]1O[C@@H](n2cnc3c(=O)[nH]c(N)nc32)CC1OP(=O)(O)OC[C@H]1O[C@@H](n2cnc(N)nc2=O)CC1OCC. The van der Waals surface area contributed by atoms with E-state index in [0.29, 0.717) is 13.2 Å². The lowest BCUT2D eigenvalue weighted by atomic mass is 10.2. The van der Waals surface area contributed by atoms with Gasteiger partial charge in [0.05, 0.1) is 25.6 Å². The fraction of sp³-hybridized carbons (Fsp3) is 0.636. The maximum absolute atomic E-state index is 13.1. The minimum atomic E-state index is -4.68. The molecule has 3 aromatic heterocycles. The van der Waals surface area contributed by atoms with Gasteiger partial charge in [0.25, 0.3) is 5.56 Å². The van der Waals surface area contributed by atoms with Crippen LogP contribution < -0.4 is 22.7 Å². The molecule has 6 N–H and O–H groups in total. The summed E-state index contributed by atoms with van der Waals surface area (Å²) in [5, 5.41) is 0. The van der Waals surface area contributed by atoms with Crippen molar-refractivity contribution in [3.05, 3.63) is 33.5 Å². The number of hydrogen-bond donors (Lipinski definition) is 4. The maximum atomic E-state index is 13.1. The number of anilines is 2. The van der Waals surface area contributed by atoms with Crippen LogP contribution in [0.1, 0.15) is 39.1 Å². The van der Waals surface area contributed by atoms with Crippen molar-refractivity contribution in [1.82, 2.24) is 34.1 Å². The fourth-order valence-electron chi connectivity index (χ4n) is 4.85. The Labute approximate surface area is 237 Å². The maximum Gasteiger partial charge on any atom is 0.472 e. The molecule has 0 radical (unpaired) electrons. The van der Waals surface area contributed by atoms with E-state index in [1.807, 2.05) is 0 Å². The highest BCUT2D eigenvalue weighted by molar-refractivity contribution is 7.47. The van der Waals surface area contributed by atoms with Gasteiger partial charge in [0.15, 0.2) is 11.2 Å². The van der Waals surface area contributed by atoms with Crippen LogP contribution in [-0.2, 0) is 32.6 Å². The second-order valence-electron chi connectivity index (χ2n) is 9.47. The lowest BCUT2D eigenvalue weighted by molar-refractivity contribution is -0.0704. The zero-order chi connectivity index (χ0) is 30.0. The predicted octanol–water partition coefficient (Wildman–Crippen LogP) is -0.545. The second-order valence-corrected chi connectivity index (χ2v) is 10.9. The van der Waals surface area contributed by atoms with Crippen molar-refractivity contribution in [3.63, 3.8) is 0 Å². The Hall–Kier alpha value is -3.29. The third-order valence-electron chi connectivity index (χ3n) is 6.72. The van der Waals surface area contributed by atoms with E-state index in [1.165, 1.54) is 17.2 Å². The monoisotopic (exact) mass is 613 g/mol. The number of ether oxygens (including phenoxy) is 4. The van der Waals surface area contributed by atoms with Gasteiger partial charge in [0.2, 0.25) is 11.9 Å². The molecule has 3 unspecified atom stereocenters. The molecule has 0 saturated carbocycles. The molecule has 19 nitrogen and oxygen atoms in total. The molecule has 2 saturated heterocycles. The number of imidazole rings is 1. The summed E-state index contributed by atoms with van der Waals surface area (Å²) in [6.45, 7) is 3.94. The van der Waals surface area contributed by atoms with E-state index < -0.39 is 55.9 Å². The van der Waals surface area contributed by atoms with E-state index >= 15 is 0 Å². The zero-order valence-electron chi connectivity index (χ0n) is 22.8. The van der Waals surface area contributed by atoms with Crippen LogP contribution in [0.5, 0.6) is 0 Å². The molecule has 2 aliphatic rings. The van der Waals surface area contributed by atoms with Crippen LogP contribution >= 0.6 is 7.82 Å². The molecule has 0 spiro atoms. The van der Waals surface area contributed by atoms with Gasteiger partial charge >= 0.3 is 13.5 Å². The summed E-state index contributed by atoms with van der Waals surface area (Å²) in [5.74, 6) is -0.278. The van der Waals surface area contributed by atoms with Crippen molar-refractivity contribution < 1.29 is 37.5 Å². The molecule has 42 heavy (non-hydrogen) atoms. The first-order valence-electron chi connectivity index (χ1n) is 13.2. The van der Waals surface area contributed by atoms with Gasteiger partial charge in [-0.2, -0.15) is 9.97 Å². The first-order valence-corrected chi connectivity index (χ1v) is 14.7. The van der Waals surface area contributed by atoms with E-state index in [-0.39, 0.29) is 49.1 Å². The molecular formula is C22H32N9O10P. The number of rotatable bonds is 12. The van der Waals surface area contributed by atoms with Crippen LogP contribution in [0.3, 0.4) is 0 Å². The highest BCUT2D eigenvalue weighted by atomic mass is 31.2. The minimum Gasteiger partial charge on any atom is -0.379 e. The molecule has 3 aromatic rings. The molecule has 2 fully saturated rings. The number of hydrogen-bond acceptors (Lipinski definition) is 15. The Bertz CT molecular complexity index is 1560. The normalized spacial score (nSPS) is 27.5. The summed E-state index contributed by atoms with van der Waals surface area (Å²) in [6.07, 6.45) is -1.77. The fourth-order valence-corrected chi connectivity index (χ4v) is 5.81. The average Bonchev–Trinajstić information content (AvgIpc) is 3.63. The van der Waals surface area contributed by atoms with Crippen molar-refractivity contribution in [3.8, 4) is 0 Å². The number of H-pyrrole nitrogens is 1. The summed E-state index contributed by atoms with van der Waals surface area (Å²) in [6, 6.07) is 0. The van der Waals surface area contributed by atoms with Crippen molar-refractivity contribution >= 4 is 30.9 Å². The third kappa shape index (κ3) is 6.52. The van der Waals surface area contributed by atoms with Gasteiger partial charge in [-0.25, -0.2) is 19.3 Å². The quantitative estimate of drug-likeness (QED) is 0.187. The molecule has 7 atom stereocenters. The highest BCUT2D eigenvalue weighted by Crippen LogP contribution is 2.49. The molecule has 0 bridgehead atoms. The number of aromatic nitrogens is 7. The Kier molecular flexibility index (Phi) is 9.00. The number of phosphoric acid groups is 1. The van der Waals surface area contributed by atoms with E-state index in [9.17, 15) is 19.0 Å². The highest BCUT2D eigenvalue weighted by Gasteiger charge is 2.44. The molecule has 5 heterocycles. The van der Waals surface area contributed by atoms with Gasteiger partial charge in [0, 0.05) is 26.1 Å². The van der Waals surface area contributed by atoms with Crippen LogP contribution in [0.25, 0.3) is 11.2 Å². The van der Waals surface area contributed by atoms with E-state index in [2.05, 4.69) is 24.9 Å². The molecule has 230 valence electrons. The summed E-state index contributed by atoms with van der Waals surface area (Å²) < 4.78 is 49.8. The first-order chi connectivity index (χ1) is 20.1. The third-order valence-corrected chi connectivity index (χ3v) is 7.73. The van der Waals surface area contributed by atoms with Crippen LogP contribution in [0.2, 0.25) is 0 Å². The van der Waals surface area contributed by atoms with Gasteiger partial charge in [-0.3, -0.25) is 28.0 Å². The van der Waals surface area contributed by atoms with Gasteiger partial charge in [0.1, 0.15) is 37.1 Å². The summed E-state index contributed by atoms with van der Waals surface area (Å²) >= 11 is 0. The van der Waals surface area contributed by atoms with Crippen molar-refractivity contribution in [2.45, 2.75) is 63.6 Å². The summed E-state index contributed by atoms with van der Waals surface area (Å²) in [4.78, 5) is 53.1. The number of nitrogens with two attached hydrogens (primary N) is 2. The smallest absolute Gasteiger partial charge is 0.379 e. The van der Waals surface area contributed by atoms with E-state index in [0.717, 1.165) is 4.57 Å². The summed E-state index contributed by atoms with van der Waals surface area (Å²) in [7, 11) is -4.68. The predicted molar refractivity (Wildman–Crippen MR) is 143 cm³/mol. The van der Waals surface area contributed by atoms with Crippen LogP contribution in [0.15, 0.2) is 22.2 Å². The number of nitrogens with one attached hydrogen (secondary N) is 1. The molecule has 0 aromatic carbocycles. The largest absolute Gasteiger partial charge is 0.472 e. The van der Waals surface area contributed by atoms with E-state index in [4.69, 9.17) is 39.5 Å². The van der Waals surface area contributed by atoms with Crippen molar-refractivity contribution in [2.75, 3.05) is 37.9 Å². The van der Waals surface area contributed by atoms with Crippen LogP contribution in [0.4, 0.5) is 11.9 Å². The van der Waals surface area contributed by atoms with Crippen molar-refractivity contribution in [2.24, 2.45) is 0 Å². The minimum absolute atomic E-state index is 0.0543. The van der Waals surface area contributed by atoms with Gasteiger partial charge in [-0.1, -0.05) is 0 Å². The zero-order valence-corrected chi connectivity index (χ0v) is 23.7. The van der Waals surface area contributed by atoms with Crippen LogP contribution in [-0.4, -0.2) is 89.8 Å². The number of aromatic amines is 1. The molecule has 20 heteroatoms. The molecule has 0 aliphatic carbocycles. The Morgan fingerprint density at radius 1 is 1.02 bits per heavy atom. The van der Waals surface area contributed by atoms with Gasteiger partial charge < -0.3 is 35.3 Å². The first kappa shape index (κ1) is 30.2. The molecule has 0 amide bonds. The lowest BCUT2D eigenvalue weighted by Crippen LogP contribution is -2.31.